The second-order valence-electron chi connectivity index (χ2n) is 4.42. The summed E-state index contributed by atoms with van der Waals surface area (Å²) in [5.74, 6) is 1.60. The van der Waals surface area contributed by atoms with E-state index in [1.54, 1.807) is 11.3 Å². The highest BCUT2D eigenvalue weighted by Crippen LogP contribution is 2.34. The Morgan fingerprint density at radius 2 is 1.89 bits per heavy atom. The fourth-order valence-corrected chi connectivity index (χ4v) is 3.26. The van der Waals surface area contributed by atoms with Crippen LogP contribution in [0.1, 0.15) is 23.6 Å². The monoisotopic (exact) mass is 339 g/mol. The SMILES string of the molecule is NC(c1csc(Br)c1)c1ccc2c(c1)OCCCO2. The standard InChI is InChI=1S/C14H14BrNO2S/c15-13-7-10(8-19-13)14(16)9-2-3-11-12(6-9)18-5-1-4-17-11/h2-3,6-8,14H,1,4-5,16H2. The maximum atomic E-state index is 6.29. The molecule has 2 N–H and O–H groups in total. The van der Waals surface area contributed by atoms with Gasteiger partial charge in [-0.2, -0.15) is 0 Å². The van der Waals surface area contributed by atoms with Crippen LogP contribution in [0.3, 0.4) is 0 Å². The molecule has 3 rings (SSSR count). The van der Waals surface area contributed by atoms with Crippen LogP contribution in [0.2, 0.25) is 0 Å². The van der Waals surface area contributed by atoms with E-state index < -0.39 is 0 Å². The summed E-state index contributed by atoms with van der Waals surface area (Å²) in [6.07, 6.45) is 0.910. The molecule has 19 heavy (non-hydrogen) atoms. The predicted molar refractivity (Wildman–Crippen MR) is 80.1 cm³/mol. The van der Waals surface area contributed by atoms with E-state index >= 15 is 0 Å². The van der Waals surface area contributed by atoms with Crippen LogP contribution in [0.5, 0.6) is 11.5 Å². The number of thiophene rings is 1. The van der Waals surface area contributed by atoms with Crippen LogP contribution in [0.15, 0.2) is 33.4 Å². The van der Waals surface area contributed by atoms with Gasteiger partial charge in [0.25, 0.3) is 0 Å². The van der Waals surface area contributed by atoms with Crippen molar-refractivity contribution < 1.29 is 9.47 Å². The maximum absolute atomic E-state index is 6.29. The van der Waals surface area contributed by atoms with Gasteiger partial charge in [0.05, 0.1) is 23.0 Å². The Morgan fingerprint density at radius 1 is 1.11 bits per heavy atom. The first-order valence-electron chi connectivity index (χ1n) is 6.13. The number of ether oxygens (including phenoxy) is 2. The first-order valence-corrected chi connectivity index (χ1v) is 7.80. The molecule has 1 unspecified atom stereocenters. The molecule has 2 aromatic rings. The Labute approximate surface area is 124 Å². The summed E-state index contributed by atoms with van der Waals surface area (Å²) in [5.41, 5.74) is 8.43. The molecule has 0 saturated heterocycles. The number of hydrogen-bond acceptors (Lipinski definition) is 4. The number of fused-ring (bicyclic) bond motifs is 1. The minimum atomic E-state index is -0.139. The summed E-state index contributed by atoms with van der Waals surface area (Å²) >= 11 is 5.10. The van der Waals surface area contributed by atoms with Crippen molar-refractivity contribution in [2.24, 2.45) is 5.73 Å². The number of halogens is 1. The van der Waals surface area contributed by atoms with E-state index in [0.717, 1.165) is 32.8 Å². The van der Waals surface area contributed by atoms with Crippen LogP contribution in [0, 0.1) is 0 Å². The molecule has 3 nitrogen and oxygen atoms in total. The number of nitrogens with two attached hydrogens (primary N) is 1. The average Bonchev–Trinajstić information content (AvgIpc) is 2.72. The number of rotatable bonds is 2. The molecular formula is C14H14BrNO2S. The van der Waals surface area contributed by atoms with Crippen molar-refractivity contribution in [1.82, 2.24) is 0 Å². The lowest BCUT2D eigenvalue weighted by Gasteiger charge is -2.14. The molecule has 0 aliphatic carbocycles. The molecule has 0 bridgehead atoms. The van der Waals surface area contributed by atoms with Crippen molar-refractivity contribution in [2.45, 2.75) is 12.5 Å². The van der Waals surface area contributed by atoms with E-state index in [-0.39, 0.29) is 6.04 Å². The van der Waals surface area contributed by atoms with E-state index in [9.17, 15) is 0 Å². The van der Waals surface area contributed by atoms with Crippen LogP contribution in [-0.2, 0) is 0 Å². The van der Waals surface area contributed by atoms with Crippen molar-refractivity contribution >= 4 is 27.3 Å². The predicted octanol–water partition coefficient (Wildman–Crippen LogP) is 3.72. The Bertz CT molecular complexity index is 585. The zero-order chi connectivity index (χ0) is 13.2. The molecule has 0 radical (unpaired) electrons. The third kappa shape index (κ3) is 2.78. The van der Waals surface area contributed by atoms with Crippen molar-refractivity contribution in [1.29, 1.82) is 0 Å². The molecule has 1 aliphatic heterocycles. The lowest BCUT2D eigenvalue weighted by atomic mass is 10.0. The lowest BCUT2D eigenvalue weighted by Crippen LogP contribution is -2.11. The van der Waals surface area contributed by atoms with Gasteiger partial charge in [0.2, 0.25) is 0 Å². The van der Waals surface area contributed by atoms with Gasteiger partial charge in [-0.15, -0.1) is 11.3 Å². The van der Waals surface area contributed by atoms with Gasteiger partial charge in [-0.1, -0.05) is 6.07 Å². The molecule has 0 spiro atoms. The third-order valence-corrected chi connectivity index (χ3v) is 4.60. The van der Waals surface area contributed by atoms with E-state index in [1.165, 1.54) is 0 Å². The topological polar surface area (TPSA) is 44.5 Å². The molecule has 1 atom stereocenters. The summed E-state index contributed by atoms with van der Waals surface area (Å²) in [6, 6.07) is 7.84. The van der Waals surface area contributed by atoms with Gasteiger partial charge in [0, 0.05) is 6.42 Å². The summed E-state index contributed by atoms with van der Waals surface area (Å²) < 4.78 is 12.4. The van der Waals surface area contributed by atoms with Crippen LogP contribution in [-0.4, -0.2) is 13.2 Å². The van der Waals surface area contributed by atoms with E-state index in [4.69, 9.17) is 15.2 Å². The van der Waals surface area contributed by atoms with Crippen LogP contribution in [0.4, 0.5) is 0 Å². The average molecular weight is 340 g/mol. The molecule has 0 amide bonds. The van der Waals surface area contributed by atoms with Crippen molar-refractivity contribution in [3.63, 3.8) is 0 Å². The first kappa shape index (κ1) is 13.0. The molecule has 1 aromatic carbocycles. The van der Waals surface area contributed by atoms with Crippen molar-refractivity contribution in [2.75, 3.05) is 13.2 Å². The number of benzene rings is 1. The van der Waals surface area contributed by atoms with Crippen molar-refractivity contribution in [3.05, 3.63) is 44.6 Å². The Hall–Kier alpha value is -1.04. The molecule has 1 aliphatic rings. The van der Waals surface area contributed by atoms with Gasteiger partial charge in [-0.05, 0) is 50.6 Å². The first-order chi connectivity index (χ1) is 9.24. The highest BCUT2D eigenvalue weighted by molar-refractivity contribution is 9.11. The minimum Gasteiger partial charge on any atom is -0.490 e. The van der Waals surface area contributed by atoms with Crippen LogP contribution in [0.25, 0.3) is 0 Å². The zero-order valence-corrected chi connectivity index (χ0v) is 12.7. The Kier molecular flexibility index (Phi) is 3.77. The third-order valence-electron chi connectivity index (χ3n) is 3.08. The quantitative estimate of drug-likeness (QED) is 0.906. The lowest BCUT2D eigenvalue weighted by molar-refractivity contribution is 0.297. The summed E-state index contributed by atoms with van der Waals surface area (Å²) in [4.78, 5) is 0. The number of hydrogen-bond donors (Lipinski definition) is 1. The Morgan fingerprint density at radius 3 is 2.63 bits per heavy atom. The summed E-state index contributed by atoms with van der Waals surface area (Å²) in [5, 5.41) is 2.07. The normalized spacial score (nSPS) is 15.9. The van der Waals surface area contributed by atoms with Gasteiger partial charge in [0.15, 0.2) is 11.5 Å². The molecule has 0 fully saturated rings. The highest BCUT2D eigenvalue weighted by Gasteiger charge is 2.15. The Balaban J connectivity index is 1.91. The molecular weight excluding hydrogens is 326 g/mol. The maximum Gasteiger partial charge on any atom is 0.161 e. The highest BCUT2D eigenvalue weighted by atomic mass is 79.9. The van der Waals surface area contributed by atoms with Gasteiger partial charge >= 0.3 is 0 Å². The summed E-state index contributed by atoms with van der Waals surface area (Å²) in [6.45, 7) is 1.39. The van der Waals surface area contributed by atoms with Crippen LogP contribution >= 0.6 is 27.3 Å². The molecule has 0 saturated carbocycles. The molecule has 5 heteroatoms. The molecule has 100 valence electrons. The minimum absolute atomic E-state index is 0.139. The van der Waals surface area contributed by atoms with Crippen molar-refractivity contribution in [3.8, 4) is 11.5 Å². The van der Waals surface area contributed by atoms with E-state index in [2.05, 4.69) is 27.4 Å². The smallest absolute Gasteiger partial charge is 0.161 e. The van der Waals surface area contributed by atoms with E-state index in [1.807, 2.05) is 18.2 Å². The van der Waals surface area contributed by atoms with Gasteiger partial charge in [-0.3, -0.25) is 0 Å². The van der Waals surface area contributed by atoms with Gasteiger partial charge in [-0.25, -0.2) is 0 Å². The van der Waals surface area contributed by atoms with Gasteiger partial charge < -0.3 is 15.2 Å². The molecule has 1 aromatic heterocycles. The fraction of sp³-hybridized carbons (Fsp3) is 0.286. The zero-order valence-electron chi connectivity index (χ0n) is 10.3. The van der Waals surface area contributed by atoms with Crippen LogP contribution < -0.4 is 15.2 Å². The second kappa shape index (κ2) is 5.53. The molecule has 2 heterocycles. The fourth-order valence-electron chi connectivity index (χ4n) is 2.05. The largest absolute Gasteiger partial charge is 0.490 e. The van der Waals surface area contributed by atoms with Gasteiger partial charge in [0.1, 0.15) is 0 Å². The summed E-state index contributed by atoms with van der Waals surface area (Å²) in [7, 11) is 0. The van der Waals surface area contributed by atoms with E-state index in [0.29, 0.717) is 13.2 Å². The second-order valence-corrected chi connectivity index (χ2v) is 6.71.